The molecule has 18 heavy (non-hydrogen) atoms. The molecule has 0 fully saturated rings. The third-order valence-electron chi connectivity index (χ3n) is 2.81. The van der Waals surface area contributed by atoms with Crippen molar-refractivity contribution in [3.05, 3.63) is 28.2 Å². The number of hydrogen-bond acceptors (Lipinski definition) is 3. The maximum absolute atomic E-state index is 8.89. The highest BCUT2D eigenvalue weighted by molar-refractivity contribution is 9.10. The van der Waals surface area contributed by atoms with Crippen LogP contribution in [0.2, 0.25) is 0 Å². The molecule has 0 bridgehead atoms. The van der Waals surface area contributed by atoms with Gasteiger partial charge in [0.05, 0.1) is 5.56 Å². The molecule has 1 aromatic carbocycles. The molecular weight excluding hydrogens is 290 g/mol. The predicted molar refractivity (Wildman–Crippen MR) is 79.7 cm³/mol. The lowest BCUT2D eigenvalue weighted by molar-refractivity contribution is 0.344. The summed E-state index contributed by atoms with van der Waals surface area (Å²) in [4.78, 5) is 2.18. The van der Waals surface area contributed by atoms with Crippen LogP contribution in [0.3, 0.4) is 0 Å². The lowest BCUT2D eigenvalue weighted by Gasteiger charge is -2.26. The summed E-state index contributed by atoms with van der Waals surface area (Å²) in [6.07, 6.45) is 0. The van der Waals surface area contributed by atoms with Crippen molar-refractivity contribution in [1.29, 1.82) is 5.26 Å². The molecule has 1 rings (SSSR count). The Labute approximate surface area is 118 Å². The van der Waals surface area contributed by atoms with Crippen LogP contribution in [-0.2, 0) is 0 Å². The molecule has 0 aromatic heterocycles. The van der Waals surface area contributed by atoms with E-state index >= 15 is 0 Å². The zero-order valence-corrected chi connectivity index (χ0v) is 13.0. The zero-order chi connectivity index (χ0) is 13.7. The van der Waals surface area contributed by atoms with Gasteiger partial charge in [-0.15, -0.1) is 0 Å². The largest absolute Gasteiger partial charge is 0.381 e. The minimum absolute atomic E-state index is 0.389. The Balaban J connectivity index is 2.81. The molecule has 1 aromatic rings. The molecule has 0 saturated heterocycles. The van der Waals surface area contributed by atoms with Gasteiger partial charge in [0.1, 0.15) is 6.07 Å². The average Bonchev–Trinajstić information content (AvgIpc) is 2.27. The summed E-state index contributed by atoms with van der Waals surface area (Å²) >= 11 is 3.41. The van der Waals surface area contributed by atoms with Crippen molar-refractivity contribution in [2.24, 2.45) is 5.92 Å². The molecule has 1 atom stereocenters. The Morgan fingerprint density at radius 3 is 2.50 bits per heavy atom. The molecule has 0 spiro atoms. The van der Waals surface area contributed by atoms with E-state index in [9.17, 15) is 0 Å². The van der Waals surface area contributed by atoms with E-state index in [4.69, 9.17) is 5.26 Å². The number of hydrogen-bond donors (Lipinski definition) is 1. The Bertz CT molecular complexity index is 435. The van der Waals surface area contributed by atoms with E-state index in [0.29, 0.717) is 17.5 Å². The summed E-state index contributed by atoms with van der Waals surface area (Å²) in [6, 6.07) is 8.28. The lowest BCUT2D eigenvalue weighted by Crippen LogP contribution is -2.36. The van der Waals surface area contributed by atoms with E-state index in [1.165, 1.54) is 0 Å². The van der Waals surface area contributed by atoms with Crippen LogP contribution in [0.25, 0.3) is 0 Å². The van der Waals surface area contributed by atoms with E-state index < -0.39 is 0 Å². The van der Waals surface area contributed by atoms with Crippen LogP contribution in [0, 0.1) is 17.2 Å². The summed E-state index contributed by atoms with van der Waals surface area (Å²) in [6.45, 7) is 5.40. The fourth-order valence-corrected chi connectivity index (χ4v) is 2.19. The topological polar surface area (TPSA) is 39.1 Å². The molecule has 4 heteroatoms. The molecule has 0 aliphatic heterocycles. The monoisotopic (exact) mass is 309 g/mol. The second kappa shape index (κ2) is 6.77. The highest BCUT2D eigenvalue weighted by atomic mass is 79.9. The first-order valence-electron chi connectivity index (χ1n) is 6.05. The molecule has 0 radical (unpaired) electrons. The van der Waals surface area contributed by atoms with Gasteiger partial charge in [-0.2, -0.15) is 5.26 Å². The van der Waals surface area contributed by atoms with Crippen molar-refractivity contribution in [3.8, 4) is 6.07 Å². The minimum Gasteiger partial charge on any atom is -0.381 e. The maximum atomic E-state index is 8.89. The van der Waals surface area contributed by atoms with Crippen molar-refractivity contribution >= 4 is 21.6 Å². The fraction of sp³-hybridized carbons (Fsp3) is 0.500. The molecule has 1 N–H and O–H groups in total. The fourth-order valence-electron chi connectivity index (χ4n) is 1.73. The van der Waals surface area contributed by atoms with Gasteiger partial charge >= 0.3 is 0 Å². The third kappa shape index (κ3) is 4.32. The smallest absolute Gasteiger partial charge is 0.100 e. The first kappa shape index (κ1) is 15.0. The summed E-state index contributed by atoms with van der Waals surface area (Å²) < 4.78 is 0.836. The van der Waals surface area contributed by atoms with E-state index in [1.54, 1.807) is 0 Å². The van der Waals surface area contributed by atoms with Gasteiger partial charge in [-0.1, -0.05) is 13.8 Å². The number of nitrogens with one attached hydrogen (secondary N) is 1. The van der Waals surface area contributed by atoms with Gasteiger partial charge in [0.15, 0.2) is 0 Å². The maximum Gasteiger partial charge on any atom is 0.100 e. The molecule has 0 amide bonds. The number of likely N-dealkylation sites (N-methyl/N-ethyl adjacent to an activating group) is 1. The molecule has 0 aliphatic rings. The van der Waals surface area contributed by atoms with Crippen molar-refractivity contribution < 1.29 is 0 Å². The van der Waals surface area contributed by atoms with Crippen LogP contribution in [-0.4, -0.2) is 31.6 Å². The second-order valence-corrected chi connectivity index (χ2v) is 5.92. The van der Waals surface area contributed by atoms with E-state index in [1.807, 2.05) is 18.2 Å². The van der Waals surface area contributed by atoms with Crippen LogP contribution >= 0.6 is 15.9 Å². The van der Waals surface area contributed by atoms with Gasteiger partial charge in [-0.25, -0.2) is 0 Å². The van der Waals surface area contributed by atoms with Gasteiger partial charge in [0, 0.05) is 22.7 Å². The molecule has 0 heterocycles. The van der Waals surface area contributed by atoms with Crippen molar-refractivity contribution in [1.82, 2.24) is 4.90 Å². The Morgan fingerprint density at radius 2 is 2.06 bits per heavy atom. The number of rotatable bonds is 5. The summed E-state index contributed by atoms with van der Waals surface area (Å²) in [5.74, 6) is 0.543. The SMILES string of the molecule is CC(C)C(CN(C)C)Nc1ccc(C#N)c(Br)c1. The number of nitriles is 1. The average molecular weight is 310 g/mol. The van der Waals surface area contributed by atoms with Gasteiger partial charge in [-0.05, 0) is 54.1 Å². The van der Waals surface area contributed by atoms with E-state index in [2.05, 4.69) is 60.2 Å². The molecule has 98 valence electrons. The summed E-state index contributed by atoms with van der Waals surface area (Å²) in [7, 11) is 4.15. The zero-order valence-electron chi connectivity index (χ0n) is 11.4. The van der Waals surface area contributed by atoms with Gasteiger partial charge in [-0.3, -0.25) is 0 Å². The lowest BCUT2D eigenvalue weighted by atomic mass is 10.0. The Morgan fingerprint density at radius 1 is 1.39 bits per heavy atom. The highest BCUT2D eigenvalue weighted by Crippen LogP contribution is 2.22. The standard InChI is InChI=1S/C14H20BrN3/c1-10(2)14(9-18(3)4)17-12-6-5-11(8-16)13(15)7-12/h5-7,10,14,17H,9H2,1-4H3. The van der Waals surface area contributed by atoms with Crippen molar-refractivity contribution in [3.63, 3.8) is 0 Å². The van der Waals surface area contributed by atoms with Crippen LogP contribution in [0.15, 0.2) is 22.7 Å². The first-order chi connectivity index (χ1) is 8.43. The van der Waals surface area contributed by atoms with E-state index in [0.717, 1.165) is 16.7 Å². The van der Waals surface area contributed by atoms with Gasteiger partial charge < -0.3 is 10.2 Å². The second-order valence-electron chi connectivity index (χ2n) is 5.06. The first-order valence-corrected chi connectivity index (χ1v) is 6.84. The quantitative estimate of drug-likeness (QED) is 0.907. The summed E-state index contributed by atoms with van der Waals surface area (Å²) in [5.41, 5.74) is 1.70. The van der Waals surface area contributed by atoms with Crippen LogP contribution in [0.4, 0.5) is 5.69 Å². The third-order valence-corrected chi connectivity index (χ3v) is 3.46. The summed E-state index contributed by atoms with van der Waals surface area (Å²) in [5, 5.41) is 12.4. The number of nitrogens with zero attached hydrogens (tertiary/aromatic N) is 2. The van der Waals surface area contributed by atoms with Crippen LogP contribution < -0.4 is 5.32 Å². The van der Waals surface area contributed by atoms with Crippen molar-refractivity contribution in [2.75, 3.05) is 26.0 Å². The normalized spacial score (nSPS) is 12.6. The molecule has 0 saturated carbocycles. The Kier molecular flexibility index (Phi) is 5.64. The number of benzene rings is 1. The highest BCUT2D eigenvalue weighted by Gasteiger charge is 2.14. The van der Waals surface area contributed by atoms with Gasteiger partial charge in [0.25, 0.3) is 0 Å². The molecular formula is C14H20BrN3. The number of anilines is 1. The Hall–Kier alpha value is -1.05. The predicted octanol–water partition coefficient (Wildman–Crippen LogP) is 3.32. The van der Waals surface area contributed by atoms with Crippen LogP contribution in [0.5, 0.6) is 0 Å². The van der Waals surface area contributed by atoms with E-state index in [-0.39, 0.29) is 0 Å². The number of halogens is 1. The van der Waals surface area contributed by atoms with Crippen LogP contribution in [0.1, 0.15) is 19.4 Å². The van der Waals surface area contributed by atoms with Crippen molar-refractivity contribution in [2.45, 2.75) is 19.9 Å². The molecule has 0 aliphatic carbocycles. The minimum atomic E-state index is 0.389. The van der Waals surface area contributed by atoms with Gasteiger partial charge in [0.2, 0.25) is 0 Å². The molecule has 1 unspecified atom stereocenters. The molecule has 3 nitrogen and oxygen atoms in total.